The lowest BCUT2D eigenvalue weighted by Gasteiger charge is -2.12. The Labute approximate surface area is 207 Å². The number of aromatic nitrogens is 3. The first kappa shape index (κ1) is 24.1. The number of hydrogen-bond acceptors (Lipinski definition) is 7. The molecule has 0 spiro atoms. The first-order valence-electron chi connectivity index (χ1n) is 10.9. The van der Waals surface area contributed by atoms with Crippen LogP contribution in [0, 0.1) is 13.8 Å². The molecule has 0 atom stereocenters. The third-order valence-electron chi connectivity index (χ3n) is 5.68. The molecule has 0 aliphatic heterocycles. The van der Waals surface area contributed by atoms with Crippen molar-refractivity contribution in [2.24, 2.45) is 0 Å². The lowest BCUT2D eigenvalue weighted by molar-refractivity contribution is 0.0602. The van der Waals surface area contributed by atoms with Gasteiger partial charge in [-0.1, -0.05) is 11.6 Å². The minimum Gasteiger partial charge on any atom is -0.465 e. The summed E-state index contributed by atoms with van der Waals surface area (Å²) in [7, 11) is 1.32. The zero-order valence-corrected chi connectivity index (χ0v) is 20.3. The molecule has 178 valence electrons. The molecule has 1 amide bonds. The van der Waals surface area contributed by atoms with Crippen LogP contribution in [0.3, 0.4) is 0 Å². The molecule has 3 aromatic heterocycles. The van der Waals surface area contributed by atoms with Gasteiger partial charge in [0, 0.05) is 47.7 Å². The van der Waals surface area contributed by atoms with Gasteiger partial charge >= 0.3 is 5.97 Å². The number of pyridine rings is 3. The summed E-state index contributed by atoms with van der Waals surface area (Å²) >= 11 is 6.11. The number of aryl methyl sites for hydroxylation is 2. The number of methoxy groups -OCH3 is 1. The summed E-state index contributed by atoms with van der Waals surface area (Å²) < 4.78 is 4.93. The van der Waals surface area contributed by atoms with Crippen LogP contribution in [0.2, 0.25) is 5.02 Å². The van der Waals surface area contributed by atoms with E-state index in [-0.39, 0.29) is 5.91 Å². The van der Waals surface area contributed by atoms with Crippen molar-refractivity contribution in [2.45, 2.75) is 26.8 Å². The van der Waals surface area contributed by atoms with Crippen LogP contribution in [0.25, 0.3) is 10.9 Å². The Morgan fingerprint density at radius 3 is 2.66 bits per heavy atom. The van der Waals surface area contributed by atoms with E-state index in [2.05, 4.69) is 20.3 Å². The van der Waals surface area contributed by atoms with Gasteiger partial charge in [-0.15, -0.1) is 0 Å². The number of nitrogens with two attached hydrogens (primary N) is 1. The summed E-state index contributed by atoms with van der Waals surface area (Å²) in [5, 5.41) is 4.11. The molecule has 35 heavy (non-hydrogen) atoms. The van der Waals surface area contributed by atoms with Gasteiger partial charge in [-0.25, -0.2) is 9.78 Å². The van der Waals surface area contributed by atoms with E-state index >= 15 is 0 Å². The molecular weight excluding hydrogens is 466 g/mol. The van der Waals surface area contributed by atoms with E-state index in [0.29, 0.717) is 51.5 Å². The topological polar surface area (TPSA) is 120 Å². The number of halogens is 1. The average molecular weight is 490 g/mol. The molecule has 0 bridgehead atoms. The SMILES string of the molecule is COC(=O)c1cc(Cc2cc(C(=O)NCc3c(C)cc(N)nc3C)ccn2)cc2cc(Cl)cnc12. The van der Waals surface area contributed by atoms with E-state index in [1.165, 1.54) is 13.3 Å². The van der Waals surface area contributed by atoms with Gasteiger partial charge in [0.1, 0.15) is 5.82 Å². The van der Waals surface area contributed by atoms with Gasteiger partial charge in [-0.2, -0.15) is 0 Å². The minimum atomic E-state index is -0.490. The van der Waals surface area contributed by atoms with Gasteiger partial charge < -0.3 is 15.8 Å². The molecule has 8 nitrogen and oxygen atoms in total. The number of nitrogens with one attached hydrogen (secondary N) is 1. The number of rotatable bonds is 6. The third kappa shape index (κ3) is 5.38. The number of ether oxygens (including phenoxy) is 1. The smallest absolute Gasteiger partial charge is 0.340 e. The number of nitrogen functional groups attached to an aromatic ring is 1. The molecule has 3 N–H and O–H groups in total. The van der Waals surface area contributed by atoms with Crippen molar-refractivity contribution >= 4 is 40.2 Å². The van der Waals surface area contributed by atoms with Crippen LogP contribution < -0.4 is 11.1 Å². The van der Waals surface area contributed by atoms with E-state index < -0.39 is 5.97 Å². The highest BCUT2D eigenvalue weighted by molar-refractivity contribution is 6.31. The molecule has 0 unspecified atom stereocenters. The van der Waals surface area contributed by atoms with Crippen molar-refractivity contribution in [1.29, 1.82) is 0 Å². The summed E-state index contributed by atoms with van der Waals surface area (Å²) in [4.78, 5) is 38.1. The molecule has 4 rings (SSSR count). The molecule has 3 heterocycles. The minimum absolute atomic E-state index is 0.228. The largest absolute Gasteiger partial charge is 0.465 e. The summed E-state index contributed by atoms with van der Waals surface area (Å²) in [6.45, 7) is 4.14. The first-order valence-corrected chi connectivity index (χ1v) is 11.2. The fraction of sp³-hybridized carbons (Fsp3) is 0.192. The fourth-order valence-corrected chi connectivity index (χ4v) is 4.17. The number of nitrogens with zero attached hydrogens (tertiary/aromatic N) is 3. The second-order valence-electron chi connectivity index (χ2n) is 8.18. The van der Waals surface area contributed by atoms with Gasteiger partial charge in [-0.3, -0.25) is 14.8 Å². The Morgan fingerprint density at radius 1 is 1.11 bits per heavy atom. The highest BCUT2D eigenvalue weighted by atomic mass is 35.5. The Hall–Kier alpha value is -4.04. The molecule has 4 aromatic rings. The Bertz CT molecular complexity index is 1430. The Balaban J connectivity index is 1.56. The van der Waals surface area contributed by atoms with Crippen molar-refractivity contribution in [3.8, 4) is 0 Å². The van der Waals surface area contributed by atoms with Crippen molar-refractivity contribution in [1.82, 2.24) is 20.3 Å². The van der Waals surface area contributed by atoms with Gasteiger partial charge in [0.25, 0.3) is 5.91 Å². The van der Waals surface area contributed by atoms with Crippen LogP contribution in [-0.4, -0.2) is 33.9 Å². The number of carbonyl (C=O) groups excluding carboxylic acids is 2. The van der Waals surface area contributed by atoms with E-state index in [1.54, 1.807) is 36.5 Å². The maximum atomic E-state index is 12.8. The predicted molar refractivity (Wildman–Crippen MR) is 134 cm³/mol. The lowest BCUT2D eigenvalue weighted by atomic mass is 10.0. The summed E-state index contributed by atoms with van der Waals surface area (Å²) in [6.07, 6.45) is 3.48. The number of carbonyl (C=O) groups is 2. The van der Waals surface area contributed by atoms with Crippen LogP contribution in [-0.2, 0) is 17.7 Å². The number of esters is 1. The molecule has 0 fully saturated rings. The Morgan fingerprint density at radius 2 is 1.91 bits per heavy atom. The second kappa shape index (κ2) is 10.1. The normalized spacial score (nSPS) is 10.9. The zero-order valence-electron chi connectivity index (χ0n) is 19.6. The van der Waals surface area contributed by atoms with Crippen LogP contribution >= 0.6 is 11.6 Å². The molecule has 0 aliphatic carbocycles. The van der Waals surface area contributed by atoms with Crippen LogP contribution in [0.15, 0.2) is 48.8 Å². The van der Waals surface area contributed by atoms with Crippen LogP contribution in [0.5, 0.6) is 0 Å². The number of amides is 1. The summed E-state index contributed by atoms with van der Waals surface area (Å²) in [5.41, 5.74) is 11.3. The molecule has 1 aromatic carbocycles. The quantitative estimate of drug-likeness (QED) is 0.390. The zero-order chi connectivity index (χ0) is 25.1. The molecule has 9 heteroatoms. The van der Waals surface area contributed by atoms with E-state index in [9.17, 15) is 9.59 Å². The fourth-order valence-electron chi connectivity index (χ4n) is 4.00. The second-order valence-corrected chi connectivity index (χ2v) is 8.62. The van der Waals surface area contributed by atoms with Crippen LogP contribution in [0.1, 0.15) is 48.8 Å². The first-order chi connectivity index (χ1) is 16.7. The van der Waals surface area contributed by atoms with E-state index in [1.807, 2.05) is 19.9 Å². The molecular formula is C26H24ClN5O3. The number of benzene rings is 1. The van der Waals surface area contributed by atoms with Crippen molar-refractivity contribution in [3.63, 3.8) is 0 Å². The molecule has 0 aliphatic rings. The monoisotopic (exact) mass is 489 g/mol. The van der Waals surface area contributed by atoms with Crippen molar-refractivity contribution in [2.75, 3.05) is 12.8 Å². The van der Waals surface area contributed by atoms with Gasteiger partial charge in [0.05, 0.1) is 23.2 Å². The average Bonchev–Trinajstić information content (AvgIpc) is 2.82. The summed E-state index contributed by atoms with van der Waals surface area (Å²) in [6, 6.07) is 10.5. The van der Waals surface area contributed by atoms with Gasteiger partial charge in [-0.05, 0) is 66.9 Å². The molecule has 0 radical (unpaired) electrons. The van der Waals surface area contributed by atoms with Crippen molar-refractivity contribution < 1.29 is 14.3 Å². The highest BCUT2D eigenvalue weighted by Crippen LogP contribution is 2.24. The van der Waals surface area contributed by atoms with Crippen LogP contribution in [0.4, 0.5) is 5.82 Å². The summed E-state index contributed by atoms with van der Waals surface area (Å²) in [5.74, 6) is -0.263. The lowest BCUT2D eigenvalue weighted by Crippen LogP contribution is -2.24. The maximum Gasteiger partial charge on any atom is 0.340 e. The number of hydrogen-bond donors (Lipinski definition) is 2. The number of anilines is 1. The standard InChI is InChI=1S/C26H24ClN5O3/c1-14-6-23(28)32-15(2)22(14)13-31-25(33)17-4-5-29-20(11-17)8-16-7-18-10-19(27)12-30-24(18)21(9-16)26(34)35-3/h4-7,9-12H,8,13H2,1-3H3,(H2,28,32)(H,31,33). The number of fused-ring (bicyclic) bond motifs is 1. The van der Waals surface area contributed by atoms with Crippen molar-refractivity contribution in [3.05, 3.63) is 93.0 Å². The Kier molecular flexibility index (Phi) is 6.93. The molecule has 0 saturated carbocycles. The van der Waals surface area contributed by atoms with Gasteiger partial charge in [0.15, 0.2) is 0 Å². The molecule has 0 saturated heterocycles. The van der Waals surface area contributed by atoms with E-state index in [4.69, 9.17) is 22.1 Å². The maximum absolute atomic E-state index is 12.8. The highest BCUT2D eigenvalue weighted by Gasteiger charge is 2.15. The third-order valence-corrected chi connectivity index (χ3v) is 5.89. The van der Waals surface area contributed by atoms with E-state index in [0.717, 1.165) is 22.4 Å². The van der Waals surface area contributed by atoms with Gasteiger partial charge in [0.2, 0.25) is 0 Å². The predicted octanol–water partition coefficient (Wildman–Crippen LogP) is 4.18.